The Morgan fingerprint density at radius 2 is 1.89 bits per heavy atom. The lowest BCUT2D eigenvalue weighted by Gasteiger charge is -2.42. The summed E-state index contributed by atoms with van der Waals surface area (Å²) in [7, 11) is -1.82. The van der Waals surface area contributed by atoms with Crippen LogP contribution in [0.15, 0.2) is 0 Å². The van der Waals surface area contributed by atoms with E-state index in [-0.39, 0.29) is 17.1 Å². The highest BCUT2D eigenvalue weighted by Gasteiger charge is 2.42. The first-order valence-corrected chi connectivity index (χ1v) is 10.4. The lowest BCUT2D eigenvalue weighted by atomic mass is 9.87. The molecule has 1 rings (SSSR count). The van der Waals surface area contributed by atoms with Crippen molar-refractivity contribution in [2.45, 2.75) is 69.1 Å². The average Bonchev–Trinajstić information content (AvgIpc) is 2.18. The van der Waals surface area contributed by atoms with Crippen LogP contribution in [0.25, 0.3) is 0 Å². The van der Waals surface area contributed by atoms with E-state index in [1.165, 1.54) is 0 Å². The molecule has 0 aromatic carbocycles. The van der Waals surface area contributed by atoms with Crippen molar-refractivity contribution in [2.75, 3.05) is 0 Å². The first kappa shape index (κ1) is 16.2. The third-order valence-corrected chi connectivity index (χ3v) is 9.86. The third kappa shape index (κ3) is 3.81. The van der Waals surface area contributed by atoms with Crippen molar-refractivity contribution in [2.24, 2.45) is 5.92 Å². The van der Waals surface area contributed by atoms with Crippen LogP contribution in [0.4, 0.5) is 0 Å². The molecular weight excluding hydrogens is 312 g/mol. The van der Waals surface area contributed by atoms with Gasteiger partial charge in [0.1, 0.15) is 0 Å². The van der Waals surface area contributed by atoms with Crippen molar-refractivity contribution >= 4 is 30.2 Å². The summed E-state index contributed by atoms with van der Waals surface area (Å²) in [5.41, 5.74) is 0. The van der Waals surface area contributed by atoms with E-state index in [0.29, 0.717) is 11.2 Å². The van der Waals surface area contributed by atoms with Crippen LogP contribution in [0.3, 0.4) is 0 Å². The second-order valence-corrected chi connectivity index (χ2v) is 12.7. The fourth-order valence-corrected chi connectivity index (χ4v) is 4.15. The molecule has 0 aliphatic heterocycles. The average molecular weight is 337 g/mol. The maximum atomic E-state index is 11.1. The van der Waals surface area contributed by atoms with Gasteiger partial charge in [-0.15, -0.1) is 0 Å². The van der Waals surface area contributed by atoms with E-state index in [1.807, 2.05) is 0 Å². The summed E-state index contributed by atoms with van der Waals surface area (Å²) in [6.07, 6.45) is 2.32. The number of halogens is 1. The Morgan fingerprint density at radius 1 is 1.33 bits per heavy atom. The van der Waals surface area contributed by atoms with E-state index in [1.54, 1.807) is 0 Å². The fourth-order valence-electron chi connectivity index (χ4n) is 1.99. The van der Waals surface area contributed by atoms with Gasteiger partial charge < -0.3 is 9.53 Å². The minimum absolute atomic E-state index is 0.0424. The minimum Gasteiger partial charge on any atom is -0.481 e. The molecule has 1 aliphatic rings. The van der Waals surface area contributed by atoms with Crippen LogP contribution in [-0.4, -0.2) is 30.3 Å². The molecule has 1 N–H and O–H groups in total. The Bertz CT molecular complexity index is 312. The molecule has 0 aromatic rings. The predicted octanol–water partition coefficient (Wildman–Crippen LogP) is 4.03. The van der Waals surface area contributed by atoms with Gasteiger partial charge in [0, 0.05) is 4.83 Å². The normalized spacial score (nSPS) is 30.2. The highest BCUT2D eigenvalue weighted by Crippen LogP contribution is 2.41. The van der Waals surface area contributed by atoms with Gasteiger partial charge in [-0.25, -0.2) is 0 Å². The second-order valence-electron chi connectivity index (χ2n) is 6.78. The van der Waals surface area contributed by atoms with E-state index in [0.717, 1.165) is 12.8 Å². The van der Waals surface area contributed by atoms with Gasteiger partial charge in [0.15, 0.2) is 8.32 Å². The summed E-state index contributed by atoms with van der Waals surface area (Å²) in [6, 6.07) is 0. The van der Waals surface area contributed by atoms with Gasteiger partial charge in [-0.1, -0.05) is 36.7 Å². The molecule has 0 radical (unpaired) electrons. The van der Waals surface area contributed by atoms with Crippen LogP contribution in [0.5, 0.6) is 0 Å². The number of aliphatic carboxylic acids is 1. The van der Waals surface area contributed by atoms with Crippen LogP contribution >= 0.6 is 15.9 Å². The molecule has 0 amide bonds. The van der Waals surface area contributed by atoms with Gasteiger partial charge in [0.2, 0.25) is 0 Å². The van der Waals surface area contributed by atoms with Crippen molar-refractivity contribution < 1.29 is 14.3 Å². The molecule has 1 aliphatic carbocycles. The largest absolute Gasteiger partial charge is 0.481 e. The lowest BCUT2D eigenvalue weighted by Crippen LogP contribution is -2.48. The summed E-state index contributed by atoms with van der Waals surface area (Å²) in [4.78, 5) is 11.4. The molecule has 0 heterocycles. The van der Waals surface area contributed by atoms with Crippen LogP contribution in [0, 0.1) is 5.92 Å². The van der Waals surface area contributed by atoms with E-state index < -0.39 is 14.3 Å². The van der Waals surface area contributed by atoms with E-state index in [2.05, 4.69) is 49.8 Å². The monoisotopic (exact) mass is 336 g/mol. The number of hydrogen-bond acceptors (Lipinski definition) is 2. The quantitative estimate of drug-likeness (QED) is 0.625. The molecule has 0 bridgehead atoms. The smallest absolute Gasteiger partial charge is 0.306 e. The van der Waals surface area contributed by atoms with Crippen LogP contribution < -0.4 is 0 Å². The standard InChI is InChI=1S/C13H25BrO3Si/c1-13(2,3)18(4,5)17-11-8-9(12(15)16)6-7-10(11)14/h9-11H,6-8H2,1-5H3,(H,15,16)/t9-,10-,11-/m1/s1. The Morgan fingerprint density at radius 3 is 2.33 bits per heavy atom. The molecule has 18 heavy (non-hydrogen) atoms. The van der Waals surface area contributed by atoms with Gasteiger partial charge in [-0.05, 0) is 37.4 Å². The number of hydrogen-bond donors (Lipinski definition) is 1. The number of alkyl halides is 1. The first-order valence-electron chi connectivity index (χ1n) is 6.59. The molecule has 3 nitrogen and oxygen atoms in total. The second kappa shape index (κ2) is 5.63. The highest BCUT2D eigenvalue weighted by molar-refractivity contribution is 9.09. The van der Waals surface area contributed by atoms with Gasteiger partial charge in [0.05, 0.1) is 12.0 Å². The van der Waals surface area contributed by atoms with E-state index in [9.17, 15) is 4.79 Å². The maximum Gasteiger partial charge on any atom is 0.306 e. The molecule has 0 spiro atoms. The van der Waals surface area contributed by atoms with Crippen molar-refractivity contribution in [1.82, 2.24) is 0 Å². The van der Waals surface area contributed by atoms with Crippen LogP contribution in [0.1, 0.15) is 40.0 Å². The van der Waals surface area contributed by atoms with E-state index >= 15 is 0 Å². The Kier molecular flexibility index (Phi) is 5.06. The zero-order valence-corrected chi connectivity index (χ0v) is 14.6. The van der Waals surface area contributed by atoms with Gasteiger partial charge in [-0.2, -0.15) is 0 Å². The fraction of sp³-hybridized carbons (Fsp3) is 0.923. The summed E-state index contributed by atoms with van der Waals surface area (Å²) in [6.45, 7) is 11.1. The molecule has 0 saturated heterocycles. The molecule has 106 valence electrons. The SMILES string of the molecule is CC(C)(C)[Si](C)(C)O[C@@H]1C[C@H](C(=O)O)CC[C@H]1Br. The molecule has 3 atom stereocenters. The summed E-state index contributed by atoms with van der Waals surface area (Å²) >= 11 is 3.66. The molecular formula is C13H25BrO3Si. The van der Waals surface area contributed by atoms with Crippen molar-refractivity contribution in [3.63, 3.8) is 0 Å². The Balaban J connectivity index is 2.73. The number of carboxylic acids is 1. The summed E-state index contributed by atoms with van der Waals surface area (Å²) in [5.74, 6) is -0.924. The Labute approximate surface area is 120 Å². The van der Waals surface area contributed by atoms with Crippen LogP contribution in [-0.2, 0) is 9.22 Å². The summed E-state index contributed by atoms with van der Waals surface area (Å²) in [5, 5.41) is 9.30. The lowest BCUT2D eigenvalue weighted by molar-refractivity contribution is -0.143. The third-order valence-electron chi connectivity index (χ3n) is 4.31. The maximum absolute atomic E-state index is 11.1. The predicted molar refractivity (Wildman–Crippen MR) is 79.8 cm³/mol. The van der Waals surface area contributed by atoms with E-state index in [4.69, 9.17) is 9.53 Å². The molecule has 5 heteroatoms. The number of carboxylic acid groups (broad SMARTS) is 1. The molecule has 1 fully saturated rings. The van der Waals surface area contributed by atoms with Gasteiger partial charge in [-0.3, -0.25) is 4.79 Å². The molecule has 0 unspecified atom stereocenters. The van der Waals surface area contributed by atoms with Crippen molar-refractivity contribution in [1.29, 1.82) is 0 Å². The topological polar surface area (TPSA) is 46.5 Å². The van der Waals surface area contributed by atoms with Gasteiger partial charge >= 0.3 is 5.97 Å². The first-order chi connectivity index (χ1) is 8.04. The van der Waals surface area contributed by atoms with Crippen molar-refractivity contribution in [3.8, 4) is 0 Å². The summed E-state index contributed by atoms with van der Waals surface area (Å²) < 4.78 is 6.36. The molecule has 1 saturated carbocycles. The minimum atomic E-state index is -1.82. The highest BCUT2D eigenvalue weighted by atomic mass is 79.9. The van der Waals surface area contributed by atoms with Gasteiger partial charge in [0.25, 0.3) is 0 Å². The number of rotatable bonds is 3. The number of carbonyl (C=O) groups is 1. The van der Waals surface area contributed by atoms with Crippen LogP contribution in [0.2, 0.25) is 18.1 Å². The van der Waals surface area contributed by atoms with Crippen molar-refractivity contribution in [3.05, 3.63) is 0 Å². The molecule has 0 aromatic heterocycles. The zero-order valence-electron chi connectivity index (χ0n) is 12.0. The Hall–Kier alpha value is 0.127. The zero-order chi connectivity index (χ0) is 14.1.